The van der Waals surface area contributed by atoms with Crippen LogP contribution >= 0.6 is 0 Å². The second-order valence-electron chi connectivity index (χ2n) is 5.23. The second-order valence-corrected chi connectivity index (χ2v) is 5.23. The average molecular weight is 277 g/mol. The van der Waals surface area contributed by atoms with Gasteiger partial charge in [0.2, 0.25) is 0 Å². The lowest BCUT2D eigenvalue weighted by Crippen LogP contribution is -2.38. The summed E-state index contributed by atoms with van der Waals surface area (Å²) in [6, 6.07) is 3.27. The van der Waals surface area contributed by atoms with Crippen LogP contribution in [0.15, 0.2) is 12.1 Å². The molecule has 1 saturated heterocycles. The number of aliphatic hydroxyl groups excluding tert-OH is 1. The van der Waals surface area contributed by atoms with Gasteiger partial charge in [0.05, 0.1) is 23.8 Å². The lowest BCUT2D eigenvalue weighted by atomic mass is 9.96. The molecule has 5 nitrogen and oxygen atoms in total. The third-order valence-electron chi connectivity index (χ3n) is 3.90. The minimum Gasteiger partial charge on any atom is -0.478 e. The van der Waals surface area contributed by atoms with Gasteiger partial charge in [0.15, 0.2) is 0 Å². The number of benzene rings is 1. The van der Waals surface area contributed by atoms with Gasteiger partial charge < -0.3 is 15.1 Å². The molecule has 0 saturated carbocycles. The molecule has 2 N–H and O–H groups in total. The number of amides is 1. The summed E-state index contributed by atoms with van der Waals surface area (Å²) in [5, 5.41) is 18.7. The molecule has 2 rings (SSSR count). The lowest BCUT2D eigenvalue weighted by molar-refractivity contribution is 0.0643. The van der Waals surface area contributed by atoms with Crippen molar-refractivity contribution in [2.75, 3.05) is 13.2 Å². The largest absolute Gasteiger partial charge is 0.478 e. The van der Waals surface area contributed by atoms with E-state index in [4.69, 9.17) is 0 Å². The number of carboxylic acids is 1. The summed E-state index contributed by atoms with van der Waals surface area (Å²) in [7, 11) is 0. The van der Waals surface area contributed by atoms with Crippen LogP contribution in [-0.2, 0) is 0 Å². The zero-order chi connectivity index (χ0) is 14.9. The Morgan fingerprint density at radius 3 is 2.40 bits per heavy atom. The molecule has 20 heavy (non-hydrogen) atoms. The first-order valence-corrected chi connectivity index (χ1v) is 6.72. The Labute approximate surface area is 117 Å². The summed E-state index contributed by atoms with van der Waals surface area (Å²) in [6.07, 6.45) is 1.60. The van der Waals surface area contributed by atoms with Crippen molar-refractivity contribution in [1.29, 1.82) is 0 Å². The Morgan fingerprint density at radius 2 is 1.85 bits per heavy atom. The van der Waals surface area contributed by atoms with Crippen LogP contribution in [0.2, 0.25) is 0 Å². The Hall–Kier alpha value is -1.88. The normalized spacial score (nSPS) is 18.4. The standard InChI is InChI=1S/C15H19NO4/c1-9-5-6-10(2)13(15(19)20)12(9)14(18)16-7-3-4-11(16)8-17/h5-6,11,17H,3-4,7-8H2,1-2H3,(H,19,20)/t11-/m0/s1. The molecule has 1 aliphatic rings. The third kappa shape index (κ3) is 2.41. The summed E-state index contributed by atoms with van der Waals surface area (Å²) in [5.41, 5.74) is 1.55. The van der Waals surface area contributed by atoms with Crippen LogP contribution in [-0.4, -0.2) is 46.2 Å². The number of carbonyl (C=O) groups excluding carboxylic acids is 1. The van der Waals surface area contributed by atoms with Crippen LogP contribution in [0, 0.1) is 13.8 Å². The first-order valence-electron chi connectivity index (χ1n) is 6.72. The van der Waals surface area contributed by atoms with Gasteiger partial charge in [-0.2, -0.15) is 0 Å². The van der Waals surface area contributed by atoms with Gasteiger partial charge >= 0.3 is 5.97 Å². The maximum Gasteiger partial charge on any atom is 0.336 e. The summed E-state index contributed by atoms with van der Waals surface area (Å²) < 4.78 is 0. The van der Waals surface area contributed by atoms with Gasteiger partial charge in [-0.05, 0) is 37.8 Å². The summed E-state index contributed by atoms with van der Waals surface area (Å²) in [6.45, 7) is 3.91. The molecule has 0 unspecified atom stereocenters. The highest BCUT2D eigenvalue weighted by molar-refractivity contribution is 6.06. The second kappa shape index (κ2) is 5.63. The molecule has 0 aromatic heterocycles. The SMILES string of the molecule is Cc1ccc(C)c(C(=O)N2CCC[C@H]2CO)c1C(=O)O. The summed E-state index contributed by atoms with van der Waals surface area (Å²) >= 11 is 0. The van der Waals surface area contributed by atoms with Crippen LogP contribution in [0.3, 0.4) is 0 Å². The van der Waals surface area contributed by atoms with E-state index in [9.17, 15) is 19.8 Å². The highest BCUT2D eigenvalue weighted by atomic mass is 16.4. The van der Waals surface area contributed by atoms with Crippen LogP contribution in [0.4, 0.5) is 0 Å². The molecule has 1 amide bonds. The topological polar surface area (TPSA) is 77.8 Å². The van der Waals surface area contributed by atoms with Crippen molar-refractivity contribution in [3.05, 3.63) is 34.4 Å². The minimum absolute atomic E-state index is 0.0681. The molecule has 1 aromatic carbocycles. The molecule has 1 aromatic rings. The maximum atomic E-state index is 12.7. The molecule has 1 heterocycles. The fraction of sp³-hybridized carbons (Fsp3) is 0.467. The summed E-state index contributed by atoms with van der Waals surface area (Å²) in [5.74, 6) is -1.38. The van der Waals surface area contributed by atoms with E-state index >= 15 is 0 Å². The predicted octanol–water partition coefficient (Wildman–Crippen LogP) is 1.60. The summed E-state index contributed by atoms with van der Waals surface area (Å²) in [4.78, 5) is 25.7. The van der Waals surface area contributed by atoms with E-state index in [0.29, 0.717) is 17.7 Å². The van der Waals surface area contributed by atoms with Crippen molar-refractivity contribution in [2.24, 2.45) is 0 Å². The van der Waals surface area contributed by atoms with Crippen molar-refractivity contribution in [1.82, 2.24) is 4.90 Å². The monoisotopic (exact) mass is 277 g/mol. The Balaban J connectivity index is 2.49. The zero-order valence-corrected chi connectivity index (χ0v) is 11.7. The first kappa shape index (κ1) is 14.5. The van der Waals surface area contributed by atoms with E-state index in [2.05, 4.69) is 0 Å². The molecular weight excluding hydrogens is 258 g/mol. The number of rotatable bonds is 3. The molecule has 0 aliphatic carbocycles. The fourth-order valence-corrected chi connectivity index (χ4v) is 2.80. The van der Waals surface area contributed by atoms with Crippen molar-refractivity contribution >= 4 is 11.9 Å². The molecule has 1 aliphatic heterocycles. The van der Waals surface area contributed by atoms with Crippen LogP contribution < -0.4 is 0 Å². The van der Waals surface area contributed by atoms with Gasteiger partial charge in [-0.3, -0.25) is 4.79 Å². The highest BCUT2D eigenvalue weighted by Crippen LogP contribution is 2.25. The Kier molecular flexibility index (Phi) is 4.09. The molecule has 108 valence electrons. The van der Waals surface area contributed by atoms with Gasteiger partial charge in [0.1, 0.15) is 0 Å². The first-order chi connectivity index (χ1) is 9.47. The smallest absolute Gasteiger partial charge is 0.336 e. The zero-order valence-electron chi connectivity index (χ0n) is 11.7. The van der Waals surface area contributed by atoms with Gasteiger partial charge in [-0.1, -0.05) is 12.1 Å². The number of aromatic carboxylic acids is 1. The van der Waals surface area contributed by atoms with E-state index in [-0.39, 0.29) is 29.7 Å². The quantitative estimate of drug-likeness (QED) is 0.879. The lowest BCUT2D eigenvalue weighted by Gasteiger charge is -2.25. The van der Waals surface area contributed by atoms with Crippen molar-refractivity contribution < 1.29 is 19.8 Å². The van der Waals surface area contributed by atoms with Crippen LogP contribution in [0.5, 0.6) is 0 Å². The molecule has 1 atom stereocenters. The van der Waals surface area contributed by atoms with Crippen molar-refractivity contribution in [2.45, 2.75) is 32.7 Å². The van der Waals surface area contributed by atoms with E-state index < -0.39 is 5.97 Å². The number of hydrogen-bond acceptors (Lipinski definition) is 3. The fourth-order valence-electron chi connectivity index (χ4n) is 2.80. The van der Waals surface area contributed by atoms with Crippen molar-refractivity contribution in [3.63, 3.8) is 0 Å². The minimum atomic E-state index is -1.09. The molecule has 1 fully saturated rings. The van der Waals surface area contributed by atoms with Gasteiger partial charge in [0.25, 0.3) is 5.91 Å². The van der Waals surface area contributed by atoms with Crippen LogP contribution in [0.1, 0.15) is 44.7 Å². The molecule has 0 spiro atoms. The van der Waals surface area contributed by atoms with E-state index in [1.807, 2.05) is 0 Å². The maximum absolute atomic E-state index is 12.7. The number of nitrogens with zero attached hydrogens (tertiary/aromatic N) is 1. The number of likely N-dealkylation sites (tertiary alicyclic amines) is 1. The molecule has 5 heteroatoms. The van der Waals surface area contributed by atoms with E-state index in [1.54, 1.807) is 30.9 Å². The van der Waals surface area contributed by atoms with Gasteiger partial charge in [-0.25, -0.2) is 4.79 Å². The van der Waals surface area contributed by atoms with Gasteiger partial charge in [-0.15, -0.1) is 0 Å². The number of aliphatic hydroxyl groups is 1. The molecular formula is C15H19NO4. The Bertz CT molecular complexity index is 553. The van der Waals surface area contributed by atoms with E-state index in [1.165, 1.54) is 0 Å². The Morgan fingerprint density at radius 1 is 1.25 bits per heavy atom. The van der Waals surface area contributed by atoms with Gasteiger partial charge in [0, 0.05) is 6.54 Å². The predicted molar refractivity (Wildman–Crippen MR) is 74.0 cm³/mol. The highest BCUT2D eigenvalue weighted by Gasteiger charge is 2.32. The molecule has 0 radical (unpaired) electrons. The van der Waals surface area contributed by atoms with Crippen LogP contribution in [0.25, 0.3) is 0 Å². The average Bonchev–Trinajstić information content (AvgIpc) is 2.88. The van der Waals surface area contributed by atoms with E-state index in [0.717, 1.165) is 12.8 Å². The third-order valence-corrected chi connectivity index (χ3v) is 3.90. The van der Waals surface area contributed by atoms with Crippen molar-refractivity contribution in [3.8, 4) is 0 Å². The number of hydrogen-bond donors (Lipinski definition) is 2. The number of carboxylic acid groups (broad SMARTS) is 1. The number of carbonyl (C=O) groups is 2. The number of aryl methyl sites for hydroxylation is 2. The molecule has 0 bridgehead atoms.